The molecule has 2 atom stereocenters. The van der Waals surface area contributed by atoms with Crippen molar-refractivity contribution in [2.45, 2.75) is 53.0 Å². The highest BCUT2D eigenvalue weighted by Crippen LogP contribution is 2.20. The molecule has 0 heterocycles. The quantitative estimate of drug-likeness (QED) is 0.652. The second-order valence-electron chi connectivity index (χ2n) is 3.77. The molecule has 0 aromatic carbocycles. The number of nitrogens with two attached hydrogens (primary N) is 1. The van der Waals surface area contributed by atoms with Crippen LogP contribution in [0.25, 0.3) is 0 Å². The molecule has 1 nitrogen and oxygen atoms in total. The largest absolute Gasteiger partial charge is 0.327 e. The van der Waals surface area contributed by atoms with Crippen molar-refractivity contribution in [2.24, 2.45) is 17.6 Å². The van der Waals surface area contributed by atoms with Crippen molar-refractivity contribution in [1.82, 2.24) is 0 Å². The average molecular weight is 157 g/mol. The van der Waals surface area contributed by atoms with E-state index < -0.39 is 0 Å². The van der Waals surface area contributed by atoms with Gasteiger partial charge in [-0.05, 0) is 18.3 Å². The summed E-state index contributed by atoms with van der Waals surface area (Å²) < 4.78 is 0. The SMILES string of the molecule is CCCC(N)C(CC)C(C)C. The average Bonchev–Trinajstić information content (AvgIpc) is 1.88. The summed E-state index contributed by atoms with van der Waals surface area (Å²) >= 11 is 0. The van der Waals surface area contributed by atoms with Gasteiger partial charge in [-0.25, -0.2) is 0 Å². The van der Waals surface area contributed by atoms with Gasteiger partial charge in [-0.3, -0.25) is 0 Å². The third-order valence-electron chi connectivity index (χ3n) is 2.50. The van der Waals surface area contributed by atoms with E-state index >= 15 is 0 Å². The van der Waals surface area contributed by atoms with Crippen LogP contribution in [0.1, 0.15) is 47.0 Å². The fraction of sp³-hybridized carbons (Fsp3) is 1.00. The van der Waals surface area contributed by atoms with E-state index in [4.69, 9.17) is 5.73 Å². The molecule has 0 saturated carbocycles. The Bertz CT molecular complexity index is 88.9. The van der Waals surface area contributed by atoms with E-state index in [0.29, 0.717) is 6.04 Å². The molecule has 0 bridgehead atoms. The summed E-state index contributed by atoms with van der Waals surface area (Å²) in [5.74, 6) is 1.46. The lowest BCUT2D eigenvalue weighted by atomic mass is 9.85. The first kappa shape index (κ1) is 11.0. The van der Waals surface area contributed by atoms with E-state index in [1.165, 1.54) is 19.3 Å². The minimum absolute atomic E-state index is 0.421. The molecule has 0 aromatic heterocycles. The van der Waals surface area contributed by atoms with Crippen LogP contribution < -0.4 is 5.73 Å². The predicted molar refractivity (Wildman–Crippen MR) is 51.5 cm³/mol. The van der Waals surface area contributed by atoms with Crippen molar-refractivity contribution >= 4 is 0 Å². The van der Waals surface area contributed by atoms with Gasteiger partial charge >= 0.3 is 0 Å². The molecule has 1 heteroatoms. The van der Waals surface area contributed by atoms with Gasteiger partial charge in [-0.1, -0.05) is 40.5 Å². The number of hydrogen-bond donors (Lipinski definition) is 1. The number of rotatable bonds is 5. The third kappa shape index (κ3) is 3.76. The molecule has 11 heavy (non-hydrogen) atoms. The summed E-state index contributed by atoms with van der Waals surface area (Å²) in [6, 6.07) is 0.421. The molecule has 0 saturated heterocycles. The normalized spacial score (nSPS) is 16.9. The zero-order valence-corrected chi connectivity index (χ0v) is 8.43. The topological polar surface area (TPSA) is 26.0 Å². The molecular formula is C10H23N. The van der Waals surface area contributed by atoms with E-state index in [-0.39, 0.29) is 0 Å². The maximum atomic E-state index is 6.04. The van der Waals surface area contributed by atoms with Gasteiger partial charge in [-0.2, -0.15) is 0 Å². The molecule has 0 rings (SSSR count). The fourth-order valence-electron chi connectivity index (χ4n) is 1.82. The molecule has 0 amide bonds. The van der Waals surface area contributed by atoms with Gasteiger partial charge in [-0.15, -0.1) is 0 Å². The van der Waals surface area contributed by atoms with E-state index in [9.17, 15) is 0 Å². The van der Waals surface area contributed by atoms with E-state index in [1.54, 1.807) is 0 Å². The van der Waals surface area contributed by atoms with Gasteiger partial charge in [0.25, 0.3) is 0 Å². The first-order valence-electron chi connectivity index (χ1n) is 4.89. The fourth-order valence-corrected chi connectivity index (χ4v) is 1.82. The van der Waals surface area contributed by atoms with Crippen LogP contribution in [0, 0.1) is 11.8 Å². The van der Waals surface area contributed by atoms with Crippen LogP contribution in [0.4, 0.5) is 0 Å². The van der Waals surface area contributed by atoms with Crippen molar-refractivity contribution in [1.29, 1.82) is 0 Å². The predicted octanol–water partition coefficient (Wildman–Crippen LogP) is 2.80. The highest BCUT2D eigenvalue weighted by Gasteiger charge is 2.17. The molecule has 0 radical (unpaired) electrons. The van der Waals surface area contributed by atoms with Crippen LogP contribution in [-0.4, -0.2) is 6.04 Å². The summed E-state index contributed by atoms with van der Waals surface area (Å²) in [6.07, 6.45) is 3.61. The molecule has 0 aliphatic carbocycles. The van der Waals surface area contributed by atoms with Crippen molar-refractivity contribution < 1.29 is 0 Å². The van der Waals surface area contributed by atoms with Gasteiger partial charge in [0.15, 0.2) is 0 Å². The highest BCUT2D eigenvalue weighted by molar-refractivity contribution is 4.73. The Morgan fingerprint density at radius 2 is 1.73 bits per heavy atom. The molecule has 0 aliphatic heterocycles. The van der Waals surface area contributed by atoms with Gasteiger partial charge in [0.1, 0.15) is 0 Å². The van der Waals surface area contributed by atoms with E-state index in [2.05, 4.69) is 27.7 Å². The zero-order valence-electron chi connectivity index (χ0n) is 8.43. The van der Waals surface area contributed by atoms with Gasteiger partial charge in [0.05, 0.1) is 0 Å². The minimum Gasteiger partial charge on any atom is -0.327 e. The second-order valence-corrected chi connectivity index (χ2v) is 3.77. The van der Waals surface area contributed by atoms with Crippen molar-refractivity contribution in [3.05, 3.63) is 0 Å². The van der Waals surface area contributed by atoms with Crippen LogP contribution in [0.15, 0.2) is 0 Å². The lowest BCUT2D eigenvalue weighted by Gasteiger charge is -2.25. The first-order chi connectivity index (χ1) is 5.13. The van der Waals surface area contributed by atoms with Gasteiger partial charge in [0.2, 0.25) is 0 Å². The Morgan fingerprint density at radius 3 is 2.00 bits per heavy atom. The van der Waals surface area contributed by atoms with Crippen LogP contribution >= 0.6 is 0 Å². The standard InChI is InChI=1S/C10H23N/c1-5-7-10(11)9(6-2)8(3)4/h8-10H,5-7,11H2,1-4H3. The summed E-state index contributed by atoms with van der Waals surface area (Å²) in [5, 5.41) is 0. The molecule has 0 fully saturated rings. The summed E-state index contributed by atoms with van der Waals surface area (Å²) in [7, 11) is 0. The maximum absolute atomic E-state index is 6.04. The van der Waals surface area contributed by atoms with Crippen LogP contribution in [0.2, 0.25) is 0 Å². The molecule has 2 N–H and O–H groups in total. The molecule has 0 aliphatic rings. The minimum atomic E-state index is 0.421. The molecular weight excluding hydrogens is 134 g/mol. The molecule has 68 valence electrons. The van der Waals surface area contributed by atoms with Crippen LogP contribution in [-0.2, 0) is 0 Å². The Kier molecular flexibility index (Phi) is 5.57. The lowest BCUT2D eigenvalue weighted by Crippen LogP contribution is -2.32. The Balaban J connectivity index is 3.81. The van der Waals surface area contributed by atoms with E-state index in [1.807, 2.05) is 0 Å². The van der Waals surface area contributed by atoms with Crippen LogP contribution in [0.3, 0.4) is 0 Å². The Morgan fingerprint density at radius 1 is 1.18 bits per heavy atom. The highest BCUT2D eigenvalue weighted by atomic mass is 14.6. The van der Waals surface area contributed by atoms with Crippen molar-refractivity contribution in [2.75, 3.05) is 0 Å². The lowest BCUT2D eigenvalue weighted by molar-refractivity contribution is 0.296. The first-order valence-corrected chi connectivity index (χ1v) is 4.89. The monoisotopic (exact) mass is 157 g/mol. The summed E-state index contributed by atoms with van der Waals surface area (Å²) in [6.45, 7) is 8.97. The summed E-state index contributed by atoms with van der Waals surface area (Å²) in [4.78, 5) is 0. The zero-order chi connectivity index (χ0) is 8.85. The van der Waals surface area contributed by atoms with Crippen molar-refractivity contribution in [3.63, 3.8) is 0 Å². The molecule has 2 unspecified atom stereocenters. The van der Waals surface area contributed by atoms with Crippen molar-refractivity contribution in [3.8, 4) is 0 Å². The second kappa shape index (κ2) is 5.59. The molecule has 0 spiro atoms. The third-order valence-corrected chi connectivity index (χ3v) is 2.50. The van der Waals surface area contributed by atoms with Gasteiger partial charge < -0.3 is 5.73 Å². The van der Waals surface area contributed by atoms with Gasteiger partial charge in [0, 0.05) is 6.04 Å². The number of hydrogen-bond acceptors (Lipinski definition) is 1. The smallest absolute Gasteiger partial charge is 0.00694 e. The van der Waals surface area contributed by atoms with E-state index in [0.717, 1.165) is 11.8 Å². The Hall–Kier alpha value is -0.0400. The maximum Gasteiger partial charge on any atom is 0.00694 e. The Labute approximate surface area is 71.4 Å². The molecule has 0 aromatic rings. The van der Waals surface area contributed by atoms with Crippen LogP contribution in [0.5, 0.6) is 0 Å². The summed E-state index contributed by atoms with van der Waals surface area (Å²) in [5.41, 5.74) is 6.04.